The number of hydroxylamine groups is 1. The number of carbonyl (C=O) groups excluding carboxylic acids is 3. The van der Waals surface area contributed by atoms with Crippen molar-refractivity contribution in [3.63, 3.8) is 0 Å². The normalized spacial score (nSPS) is 15.8. The molecule has 2 atom stereocenters. The third-order valence-electron chi connectivity index (χ3n) is 7.50. The summed E-state index contributed by atoms with van der Waals surface area (Å²) >= 11 is 0. The standard InChI is InChI=1S/C31H45N5O4/c1-24(2)21-28(27(31(39)33-40)16-10-15-25-11-6-4-7-12-25)30(38)32-36(22-26-13-8-5-9-14-26)29(37)23-35-19-17-34(3)18-20-35/h4-9,11-14,24,27-28,40H,10,15-23H2,1-3H3,(H,32,38)(H,33,39)/t27?,28-/m0/s1. The van der Waals surface area contributed by atoms with Crippen molar-refractivity contribution in [3.05, 3.63) is 71.8 Å². The fourth-order valence-electron chi connectivity index (χ4n) is 5.19. The van der Waals surface area contributed by atoms with Gasteiger partial charge in [0.2, 0.25) is 11.8 Å². The minimum Gasteiger partial charge on any atom is -0.304 e. The Labute approximate surface area is 238 Å². The minimum atomic E-state index is -0.734. The lowest BCUT2D eigenvalue weighted by Gasteiger charge is -2.34. The van der Waals surface area contributed by atoms with Gasteiger partial charge in [0.1, 0.15) is 0 Å². The van der Waals surface area contributed by atoms with E-state index in [4.69, 9.17) is 0 Å². The summed E-state index contributed by atoms with van der Waals surface area (Å²) in [5, 5.41) is 10.9. The van der Waals surface area contributed by atoms with Gasteiger partial charge >= 0.3 is 0 Å². The summed E-state index contributed by atoms with van der Waals surface area (Å²) in [4.78, 5) is 44.5. The second-order valence-corrected chi connectivity index (χ2v) is 11.2. The van der Waals surface area contributed by atoms with Crippen molar-refractivity contribution in [2.45, 2.75) is 46.1 Å². The van der Waals surface area contributed by atoms with Crippen LogP contribution < -0.4 is 10.9 Å². The largest absolute Gasteiger partial charge is 0.304 e. The van der Waals surface area contributed by atoms with E-state index in [9.17, 15) is 19.6 Å². The van der Waals surface area contributed by atoms with E-state index in [1.807, 2.05) is 74.5 Å². The molecule has 40 heavy (non-hydrogen) atoms. The van der Waals surface area contributed by atoms with Gasteiger partial charge in [-0.05, 0) is 49.8 Å². The van der Waals surface area contributed by atoms with E-state index in [0.717, 1.165) is 43.7 Å². The van der Waals surface area contributed by atoms with Crippen molar-refractivity contribution in [2.75, 3.05) is 39.8 Å². The van der Waals surface area contributed by atoms with Crippen LogP contribution in [0.4, 0.5) is 0 Å². The Bertz CT molecular complexity index is 1060. The predicted molar refractivity (Wildman–Crippen MR) is 155 cm³/mol. The molecule has 1 fully saturated rings. The van der Waals surface area contributed by atoms with Crippen molar-refractivity contribution in [3.8, 4) is 0 Å². The zero-order valence-corrected chi connectivity index (χ0v) is 24.1. The molecule has 9 nitrogen and oxygen atoms in total. The van der Waals surface area contributed by atoms with Crippen molar-refractivity contribution in [1.29, 1.82) is 0 Å². The van der Waals surface area contributed by atoms with Gasteiger partial charge < -0.3 is 4.90 Å². The van der Waals surface area contributed by atoms with E-state index in [1.165, 1.54) is 5.01 Å². The van der Waals surface area contributed by atoms with Crippen LogP contribution in [0.15, 0.2) is 60.7 Å². The molecule has 2 aromatic rings. The molecule has 0 aromatic heterocycles. The topological polar surface area (TPSA) is 105 Å². The molecule has 1 unspecified atom stereocenters. The number of piperazine rings is 1. The molecule has 1 aliphatic rings. The monoisotopic (exact) mass is 551 g/mol. The molecule has 9 heteroatoms. The van der Waals surface area contributed by atoms with Gasteiger partial charge in [0.15, 0.2) is 0 Å². The number of hydrazine groups is 1. The van der Waals surface area contributed by atoms with Crippen molar-refractivity contribution in [2.24, 2.45) is 17.8 Å². The Balaban J connectivity index is 1.77. The van der Waals surface area contributed by atoms with Crippen LogP contribution in [-0.4, -0.2) is 77.5 Å². The highest BCUT2D eigenvalue weighted by molar-refractivity contribution is 5.89. The zero-order valence-electron chi connectivity index (χ0n) is 24.1. The number of nitrogens with zero attached hydrogens (tertiary/aromatic N) is 3. The molecule has 1 aliphatic heterocycles. The van der Waals surface area contributed by atoms with Gasteiger partial charge in [0, 0.05) is 26.2 Å². The highest BCUT2D eigenvalue weighted by atomic mass is 16.5. The smallest absolute Gasteiger partial charge is 0.255 e. The van der Waals surface area contributed by atoms with Crippen molar-refractivity contribution in [1.82, 2.24) is 25.7 Å². The third kappa shape index (κ3) is 10.0. The number of carbonyl (C=O) groups is 3. The van der Waals surface area contributed by atoms with Crippen LogP contribution in [0.3, 0.4) is 0 Å². The average Bonchev–Trinajstić information content (AvgIpc) is 2.95. The lowest BCUT2D eigenvalue weighted by atomic mass is 9.81. The number of amides is 3. The second-order valence-electron chi connectivity index (χ2n) is 11.2. The van der Waals surface area contributed by atoms with Crippen molar-refractivity contribution < 1.29 is 19.6 Å². The highest BCUT2D eigenvalue weighted by Crippen LogP contribution is 2.27. The van der Waals surface area contributed by atoms with Gasteiger partial charge in [0.05, 0.1) is 24.9 Å². The fraction of sp³-hybridized carbons (Fsp3) is 0.516. The number of rotatable bonds is 13. The number of benzene rings is 2. The quantitative estimate of drug-likeness (QED) is 0.261. The maximum Gasteiger partial charge on any atom is 0.255 e. The molecule has 3 N–H and O–H groups in total. The molecule has 1 heterocycles. The molecular weight excluding hydrogens is 506 g/mol. The predicted octanol–water partition coefficient (Wildman–Crippen LogP) is 3.10. The van der Waals surface area contributed by atoms with Gasteiger partial charge in [-0.25, -0.2) is 10.5 Å². The summed E-state index contributed by atoms with van der Waals surface area (Å²) in [6.45, 7) is 7.76. The Hall–Kier alpha value is -3.27. The first-order valence-corrected chi connectivity index (χ1v) is 14.3. The van der Waals surface area contributed by atoms with E-state index in [0.29, 0.717) is 19.3 Å². The van der Waals surface area contributed by atoms with Crippen LogP contribution in [0.5, 0.6) is 0 Å². The molecule has 3 amide bonds. The average molecular weight is 552 g/mol. The van der Waals surface area contributed by atoms with E-state index < -0.39 is 17.7 Å². The molecule has 0 aliphatic carbocycles. The van der Waals surface area contributed by atoms with E-state index in [1.54, 1.807) is 5.48 Å². The summed E-state index contributed by atoms with van der Waals surface area (Å²) in [5.41, 5.74) is 6.71. The lowest BCUT2D eigenvalue weighted by molar-refractivity contribution is -0.148. The molecule has 2 aromatic carbocycles. The molecule has 0 bridgehead atoms. The van der Waals surface area contributed by atoms with E-state index in [2.05, 4.69) is 22.3 Å². The number of hydrogen-bond acceptors (Lipinski definition) is 6. The first-order chi connectivity index (χ1) is 19.3. The first kappa shape index (κ1) is 31.3. The Morgan fingerprint density at radius 1 is 0.875 bits per heavy atom. The molecule has 1 saturated heterocycles. The molecule has 218 valence electrons. The maximum absolute atomic E-state index is 13.8. The minimum absolute atomic E-state index is 0.127. The summed E-state index contributed by atoms with van der Waals surface area (Å²) in [7, 11) is 2.06. The number of hydrogen-bond donors (Lipinski definition) is 3. The summed E-state index contributed by atoms with van der Waals surface area (Å²) in [5.74, 6) is -2.48. The summed E-state index contributed by atoms with van der Waals surface area (Å²) in [6.07, 6.45) is 2.32. The SMILES string of the molecule is CC(C)C[C@H](C(=O)NN(Cc1ccccc1)C(=O)CN1CCN(C)CC1)C(CCCc1ccccc1)C(=O)NO. The number of nitrogens with one attached hydrogen (secondary N) is 2. The second kappa shape index (κ2) is 16.1. The van der Waals surface area contributed by atoms with Crippen LogP contribution in [0.1, 0.15) is 44.2 Å². The number of likely N-dealkylation sites (N-methyl/N-ethyl adjacent to an activating group) is 1. The number of aryl methyl sites for hydroxylation is 1. The van der Waals surface area contributed by atoms with Gasteiger partial charge in [-0.2, -0.15) is 0 Å². The molecule has 0 saturated carbocycles. The van der Waals surface area contributed by atoms with Crippen LogP contribution >= 0.6 is 0 Å². The maximum atomic E-state index is 13.8. The highest BCUT2D eigenvalue weighted by Gasteiger charge is 2.35. The van der Waals surface area contributed by atoms with Crippen LogP contribution in [-0.2, 0) is 27.3 Å². The zero-order chi connectivity index (χ0) is 28.9. The first-order valence-electron chi connectivity index (χ1n) is 14.3. The summed E-state index contributed by atoms with van der Waals surface area (Å²) in [6, 6.07) is 19.5. The van der Waals surface area contributed by atoms with Crippen LogP contribution in [0.2, 0.25) is 0 Å². The molecule has 0 spiro atoms. The Morgan fingerprint density at radius 2 is 1.48 bits per heavy atom. The van der Waals surface area contributed by atoms with Crippen LogP contribution in [0.25, 0.3) is 0 Å². The van der Waals surface area contributed by atoms with Gasteiger partial charge in [-0.15, -0.1) is 0 Å². The van der Waals surface area contributed by atoms with Gasteiger partial charge in [-0.3, -0.25) is 29.9 Å². The van der Waals surface area contributed by atoms with E-state index >= 15 is 0 Å². The van der Waals surface area contributed by atoms with Crippen LogP contribution in [0, 0.1) is 17.8 Å². The van der Waals surface area contributed by atoms with E-state index in [-0.39, 0.29) is 30.8 Å². The summed E-state index contributed by atoms with van der Waals surface area (Å²) < 4.78 is 0. The lowest BCUT2D eigenvalue weighted by Crippen LogP contribution is -2.54. The Kier molecular flexibility index (Phi) is 12.6. The third-order valence-corrected chi connectivity index (χ3v) is 7.50. The Morgan fingerprint density at radius 3 is 2.05 bits per heavy atom. The molecule has 0 radical (unpaired) electrons. The van der Waals surface area contributed by atoms with Crippen molar-refractivity contribution >= 4 is 17.7 Å². The van der Waals surface area contributed by atoms with Gasteiger partial charge in [-0.1, -0.05) is 74.5 Å². The fourth-order valence-corrected chi connectivity index (χ4v) is 5.19. The van der Waals surface area contributed by atoms with Gasteiger partial charge in [0.25, 0.3) is 5.91 Å². The molecular formula is C31H45N5O4. The molecule has 3 rings (SSSR count).